The minimum Gasteiger partial charge on any atom is -0.489 e. The maximum atomic E-state index is 12.9. The predicted octanol–water partition coefficient (Wildman–Crippen LogP) is 4.05. The second-order valence-corrected chi connectivity index (χ2v) is 8.51. The summed E-state index contributed by atoms with van der Waals surface area (Å²) in [6.07, 6.45) is 5.60. The van der Waals surface area contributed by atoms with E-state index in [1.54, 1.807) is 36.1 Å². The maximum absolute atomic E-state index is 12.9. The van der Waals surface area contributed by atoms with E-state index < -0.39 is 0 Å². The summed E-state index contributed by atoms with van der Waals surface area (Å²) in [6.45, 7) is 2.18. The van der Waals surface area contributed by atoms with Crippen molar-refractivity contribution in [3.05, 3.63) is 74.9 Å². The van der Waals surface area contributed by atoms with Gasteiger partial charge in [-0.15, -0.1) is 0 Å². The van der Waals surface area contributed by atoms with E-state index in [0.717, 1.165) is 12.0 Å². The van der Waals surface area contributed by atoms with Crippen LogP contribution in [0.2, 0.25) is 0 Å². The van der Waals surface area contributed by atoms with E-state index in [-0.39, 0.29) is 40.9 Å². The van der Waals surface area contributed by atoms with Gasteiger partial charge < -0.3 is 10.5 Å². The Bertz CT molecular complexity index is 1450. The van der Waals surface area contributed by atoms with Gasteiger partial charge in [-0.05, 0) is 36.1 Å². The molecule has 0 aliphatic heterocycles. The van der Waals surface area contributed by atoms with Crippen molar-refractivity contribution < 1.29 is 9.13 Å². The summed E-state index contributed by atoms with van der Waals surface area (Å²) in [5.41, 5.74) is 8.31. The molecule has 2 atom stereocenters. The van der Waals surface area contributed by atoms with E-state index in [0.29, 0.717) is 33.6 Å². The number of halogens is 2. The Labute approximate surface area is 199 Å². The molecule has 10 heteroatoms. The van der Waals surface area contributed by atoms with E-state index >= 15 is 0 Å². The lowest BCUT2D eigenvalue weighted by Gasteiger charge is -2.11. The minimum absolute atomic E-state index is 0.0566. The van der Waals surface area contributed by atoms with Crippen LogP contribution in [0, 0.1) is 17.2 Å². The molecule has 2 aromatic heterocycles. The third kappa shape index (κ3) is 4.64. The number of allylic oxidation sites excluding steroid dienone is 3. The zero-order valence-electron chi connectivity index (χ0n) is 18.5. The highest BCUT2D eigenvalue weighted by atomic mass is 35.5. The maximum Gasteiger partial charge on any atom is 0.272 e. The summed E-state index contributed by atoms with van der Waals surface area (Å²) in [4.78, 5) is 12.2. The average molecular weight is 481 g/mol. The number of benzene rings is 1. The number of nitrogens with one attached hydrogen (secondary N) is 1. The quantitative estimate of drug-likeness (QED) is 0.299. The van der Waals surface area contributed by atoms with Crippen LogP contribution < -0.4 is 11.3 Å². The largest absolute Gasteiger partial charge is 0.489 e. The molecule has 34 heavy (non-hydrogen) atoms. The molecule has 1 aromatic carbocycles. The number of rotatable bonds is 7. The van der Waals surface area contributed by atoms with Crippen LogP contribution in [0.25, 0.3) is 28.0 Å². The molecule has 3 N–H and O–H groups in total. The van der Waals surface area contributed by atoms with Gasteiger partial charge in [0.1, 0.15) is 24.3 Å². The van der Waals surface area contributed by atoms with Crippen LogP contribution in [0.3, 0.4) is 0 Å². The molecule has 3 aromatic rings. The summed E-state index contributed by atoms with van der Waals surface area (Å²) in [6, 6.07) is 7.44. The number of ether oxygens (including phenoxy) is 1. The van der Waals surface area contributed by atoms with Gasteiger partial charge in [0, 0.05) is 30.6 Å². The van der Waals surface area contributed by atoms with Crippen molar-refractivity contribution in [1.29, 1.82) is 5.26 Å². The summed E-state index contributed by atoms with van der Waals surface area (Å²) < 4.78 is 20.5. The summed E-state index contributed by atoms with van der Waals surface area (Å²) in [5.74, 6) is 0.525. The van der Waals surface area contributed by atoms with Crippen molar-refractivity contribution in [3.63, 3.8) is 0 Å². The lowest BCUT2D eigenvalue weighted by atomic mass is 10.0. The lowest BCUT2D eigenvalue weighted by molar-refractivity contribution is 0.195. The van der Waals surface area contributed by atoms with E-state index in [1.165, 1.54) is 6.08 Å². The summed E-state index contributed by atoms with van der Waals surface area (Å²) in [5, 5.41) is 21.6. The highest BCUT2D eigenvalue weighted by Crippen LogP contribution is 2.37. The molecule has 2 heterocycles. The van der Waals surface area contributed by atoms with Crippen molar-refractivity contribution in [2.45, 2.75) is 26.0 Å². The zero-order valence-corrected chi connectivity index (χ0v) is 19.3. The topological polar surface area (TPSA) is 123 Å². The number of aromatic nitrogens is 4. The number of nitrogens with zero attached hydrogens (tertiary/aromatic N) is 4. The van der Waals surface area contributed by atoms with Gasteiger partial charge >= 0.3 is 0 Å². The monoisotopic (exact) mass is 480 g/mol. The second-order valence-electron chi connectivity index (χ2n) is 8.07. The van der Waals surface area contributed by atoms with Gasteiger partial charge in [0.25, 0.3) is 5.56 Å². The summed E-state index contributed by atoms with van der Waals surface area (Å²) >= 11 is 5.87. The molecule has 1 saturated carbocycles. The van der Waals surface area contributed by atoms with Crippen molar-refractivity contribution in [3.8, 4) is 17.2 Å². The number of hydrogen-bond donors (Lipinski definition) is 2. The summed E-state index contributed by atoms with van der Waals surface area (Å²) in [7, 11) is 1.74. The van der Waals surface area contributed by atoms with Crippen molar-refractivity contribution >= 4 is 28.4 Å². The fraction of sp³-hybridized carbons (Fsp3) is 0.250. The van der Waals surface area contributed by atoms with Crippen LogP contribution in [-0.2, 0) is 18.3 Å². The molecule has 0 spiro atoms. The Morgan fingerprint density at radius 3 is 2.88 bits per heavy atom. The Kier molecular flexibility index (Phi) is 6.63. The van der Waals surface area contributed by atoms with Crippen molar-refractivity contribution in [2.24, 2.45) is 18.7 Å². The van der Waals surface area contributed by atoms with Crippen LogP contribution >= 0.6 is 11.6 Å². The highest BCUT2D eigenvalue weighted by molar-refractivity contribution is 6.31. The van der Waals surface area contributed by atoms with E-state index in [1.807, 2.05) is 13.0 Å². The first-order chi connectivity index (χ1) is 16.4. The molecule has 0 unspecified atom stereocenters. The van der Waals surface area contributed by atoms with Gasteiger partial charge in [0.05, 0.1) is 33.6 Å². The molecular formula is C24H22ClFN6O2. The number of aromatic amines is 1. The molecule has 0 bridgehead atoms. The predicted molar refractivity (Wildman–Crippen MR) is 128 cm³/mol. The standard InChI is InChI=1S/C24H22ClFN6O2/c1-13-5-22(13)34-23(8-16(25)9-26)15(10-27)7-21-19(12-29-32(21)2)14-3-4-17-18(6-14)20(11-28)30-31-24(17)33/h3-4,6-9,12-13,22H,5,11,28H2,1-2H3,(H,31,33)/b15-7+,16-9-,23-8+/t13-,22-/m1/s1. The molecular weight excluding hydrogens is 459 g/mol. The number of hydrogen-bond acceptors (Lipinski definition) is 6. The van der Waals surface area contributed by atoms with Crippen molar-refractivity contribution in [2.75, 3.05) is 0 Å². The van der Waals surface area contributed by atoms with Crippen LogP contribution in [0.4, 0.5) is 4.39 Å². The first kappa shape index (κ1) is 23.4. The molecule has 0 amide bonds. The van der Waals surface area contributed by atoms with Gasteiger partial charge in [-0.2, -0.15) is 15.5 Å². The van der Waals surface area contributed by atoms with Gasteiger partial charge in [0.2, 0.25) is 0 Å². The fourth-order valence-electron chi connectivity index (χ4n) is 3.63. The van der Waals surface area contributed by atoms with Gasteiger partial charge in [-0.1, -0.05) is 24.6 Å². The molecule has 8 nitrogen and oxygen atoms in total. The number of fused-ring (bicyclic) bond motifs is 1. The van der Waals surface area contributed by atoms with Gasteiger partial charge in [0.15, 0.2) is 0 Å². The second kappa shape index (κ2) is 9.63. The smallest absolute Gasteiger partial charge is 0.272 e. The van der Waals surface area contributed by atoms with Crippen molar-refractivity contribution in [1.82, 2.24) is 20.0 Å². The van der Waals surface area contributed by atoms with E-state index in [4.69, 9.17) is 22.1 Å². The van der Waals surface area contributed by atoms with E-state index in [2.05, 4.69) is 21.4 Å². The molecule has 1 aliphatic carbocycles. The van der Waals surface area contributed by atoms with E-state index in [9.17, 15) is 14.4 Å². The number of nitriles is 1. The fourth-order valence-corrected chi connectivity index (χ4v) is 3.72. The van der Waals surface area contributed by atoms with Crippen LogP contribution in [-0.4, -0.2) is 26.1 Å². The lowest BCUT2D eigenvalue weighted by Crippen LogP contribution is -2.13. The van der Waals surface area contributed by atoms with Gasteiger partial charge in [-0.3, -0.25) is 9.48 Å². The third-order valence-electron chi connectivity index (χ3n) is 5.71. The van der Waals surface area contributed by atoms with Gasteiger partial charge in [-0.25, -0.2) is 9.49 Å². The third-order valence-corrected chi connectivity index (χ3v) is 5.90. The molecule has 1 aliphatic rings. The molecule has 174 valence electrons. The zero-order chi connectivity index (χ0) is 24.4. The Balaban J connectivity index is 1.83. The Morgan fingerprint density at radius 1 is 1.47 bits per heavy atom. The van der Waals surface area contributed by atoms with Crippen LogP contribution in [0.15, 0.2) is 58.0 Å². The van der Waals surface area contributed by atoms with Crippen LogP contribution in [0.5, 0.6) is 0 Å². The number of H-pyrrole nitrogens is 1. The first-order valence-electron chi connectivity index (χ1n) is 10.6. The normalized spacial score (nSPS) is 18.8. The number of nitrogens with two attached hydrogens (primary N) is 1. The molecule has 0 saturated heterocycles. The average Bonchev–Trinajstić information content (AvgIpc) is 3.41. The highest BCUT2D eigenvalue weighted by Gasteiger charge is 2.36. The minimum atomic E-state index is -0.309. The Hall–Kier alpha value is -3.74. The first-order valence-corrected chi connectivity index (χ1v) is 10.9. The number of aryl methyl sites for hydroxylation is 1. The SMILES string of the molecule is C[C@@H]1C[C@H]1OC(=C/C(Cl)=C/F)/C(C#N)=C/c1c(-c2ccc3c(=O)[nH]nc(CN)c3c2)cnn1C. The Morgan fingerprint density at radius 2 is 2.24 bits per heavy atom. The van der Waals surface area contributed by atoms with Crippen LogP contribution in [0.1, 0.15) is 24.7 Å². The molecule has 0 radical (unpaired) electrons. The molecule has 4 rings (SSSR count). The molecule has 1 fully saturated rings.